The quantitative estimate of drug-likeness (QED) is 0.521. The van der Waals surface area contributed by atoms with Gasteiger partial charge in [0.05, 0.1) is 6.61 Å². The van der Waals surface area contributed by atoms with Gasteiger partial charge < -0.3 is 10.1 Å². The lowest BCUT2D eigenvalue weighted by Gasteiger charge is -2.06. The van der Waals surface area contributed by atoms with Crippen LogP contribution in [0.2, 0.25) is 0 Å². The molecule has 0 saturated heterocycles. The monoisotopic (exact) mass is 243 g/mol. The van der Waals surface area contributed by atoms with Crippen molar-refractivity contribution in [2.75, 3.05) is 19.8 Å². The lowest BCUT2D eigenvalue weighted by Crippen LogP contribution is -2.26. The summed E-state index contributed by atoms with van der Waals surface area (Å²) in [6.45, 7) is 1.73. The third kappa shape index (κ3) is 11.5. The van der Waals surface area contributed by atoms with Gasteiger partial charge >= 0.3 is 0 Å². The molecule has 0 saturated carbocycles. The number of nitrogens with one attached hydrogen (secondary N) is 1. The van der Waals surface area contributed by atoms with Crippen LogP contribution >= 0.6 is 11.6 Å². The van der Waals surface area contributed by atoms with Crippen molar-refractivity contribution >= 4 is 17.5 Å². The fourth-order valence-electron chi connectivity index (χ4n) is 0.836. The van der Waals surface area contributed by atoms with Crippen LogP contribution in [0.4, 0.5) is 8.78 Å². The number of hydrogen-bond acceptors (Lipinski definition) is 2. The minimum atomic E-state index is -2.48. The van der Waals surface area contributed by atoms with Crippen molar-refractivity contribution in [3.63, 3.8) is 0 Å². The maximum Gasteiger partial charge on any atom is 0.261 e. The summed E-state index contributed by atoms with van der Waals surface area (Å²) in [5.74, 6) is -0.207. The molecule has 1 atom stereocenters. The molecule has 0 heterocycles. The van der Waals surface area contributed by atoms with Crippen molar-refractivity contribution in [1.29, 1.82) is 0 Å². The third-order valence-corrected chi connectivity index (χ3v) is 1.80. The predicted molar refractivity (Wildman–Crippen MR) is 54.4 cm³/mol. The van der Waals surface area contributed by atoms with Crippen LogP contribution in [-0.2, 0) is 9.53 Å². The normalized spacial score (nSPS) is 12.9. The Balaban J connectivity index is 3.26. The molecule has 0 radical (unpaired) electrons. The minimum absolute atomic E-state index is 0.0142. The average Bonchev–Trinajstić information content (AvgIpc) is 2.11. The van der Waals surface area contributed by atoms with Gasteiger partial charge in [-0.3, -0.25) is 4.79 Å². The van der Waals surface area contributed by atoms with Crippen molar-refractivity contribution in [2.45, 2.75) is 31.6 Å². The molecule has 6 heteroatoms. The van der Waals surface area contributed by atoms with Crippen molar-refractivity contribution in [3.8, 4) is 0 Å². The van der Waals surface area contributed by atoms with Gasteiger partial charge in [0, 0.05) is 18.3 Å². The fourth-order valence-corrected chi connectivity index (χ4v) is 0.945. The molecule has 3 nitrogen and oxygen atoms in total. The van der Waals surface area contributed by atoms with Crippen molar-refractivity contribution < 1.29 is 18.3 Å². The van der Waals surface area contributed by atoms with Crippen LogP contribution in [-0.4, -0.2) is 37.5 Å². The SMILES string of the molecule is CC(Cl)CCNC(=O)CCOCC(F)F. The zero-order valence-electron chi connectivity index (χ0n) is 8.64. The second-order valence-electron chi connectivity index (χ2n) is 3.14. The fraction of sp³-hybridized carbons (Fsp3) is 0.889. The lowest BCUT2D eigenvalue weighted by atomic mass is 10.3. The van der Waals surface area contributed by atoms with Gasteiger partial charge in [-0.2, -0.15) is 0 Å². The van der Waals surface area contributed by atoms with E-state index in [4.69, 9.17) is 11.6 Å². The zero-order valence-corrected chi connectivity index (χ0v) is 9.40. The molecule has 0 aromatic heterocycles. The standard InChI is InChI=1S/C9H16ClF2NO2/c1-7(10)2-4-13-9(14)3-5-15-6-8(11)12/h7-8H,2-6H2,1H3,(H,13,14). The van der Waals surface area contributed by atoms with Gasteiger partial charge in [-0.25, -0.2) is 8.78 Å². The maximum absolute atomic E-state index is 11.6. The molecule has 15 heavy (non-hydrogen) atoms. The van der Waals surface area contributed by atoms with E-state index in [1.807, 2.05) is 6.92 Å². The van der Waals surface area contributed by atoms with Crippen LogP contribution in [0.15, 0.2) is 0 Å². The van der Waals surface area contributed by atoms with Gasteiger partial charge in [0.2, 0.25) is 5.91 Å². The van der Waals surface area contributed by atoms with Gasteiger partial charge in [-0.1, -0.05) is 0 Å². The lowest BCUT2D eigenvalue weighted by molar-refractivity contribution is -0.122. The first kappa shape index (κ1) is 14.6. The van der Waals surface area contributed by atoms with Crippen LogP contribution in [0.25, 0.3) is 0 Å². The molecule has 90 valence electrons. The Labute approximate surface area is 93.1 Å². The predicted octanol–water partition coefficient (Wildman–Crippen LogP) is 1.79. The van der Waals surface area contributed by atoms with E-state index >= 15 is 0 Å². The number of hydrogen-bond donors (Lipinski definition) is 1. The van der Waals surface area contributed by atoms with E-state index < -0.39 is 13.0 Å². The molecule has 1 amide bonds. The van der Waals surface area contributed by atoms with Crippen molar-refractivity contribution in [3.05, 3.63) is 0 Å². The third-order valence-electron chi connectivity index (χ3n) is 1.58. The molecular weight excluding hydrogens is 228 g/mol. The molecule has 0 aliphatic heterocycles. The van der Waals surface area contributed by atoms with E-state index in [2.05, 4.69) is 10.1 Å². The highest BCUT2D eigenvalue weighted by Crippen LogP contribution is 1.97. The zero-order chi connectivity index (χ0) is 11.7. The smallest absolute Gasteiger partial charge is 0.261 e. The number of carbonyl (C=O) groups excluding carboxylic acids is 1. The number of ether oxygens (including phenoxy) is 1. The Hall–Kier alpha value is -0.420. The number of halogens is 3. The summed E-state index contributed by atoms with van der Waals surface area (Å²) in [6, 6.07) is 0. The molecule has 0 spiro atoms. The molecule has 0 fully saturated rings. The van der Waals surface area contributed by atoms with Crippen molar-refractivity contribution in [1.82, 2.24) is 5.32 Å². The van der Waals surface area contributed by atoms with E-state index in [1.165, 1.54) is 0 Å². The Morgan fingerprint density at radius 1 is 1.53 bits per heavy atom. The molecule has 0 rings (SSSR count). The second-order valence-corrected chi connectivity index (χ2v) is 3.88. The molecule has 0 aliphatic rings. The van der Waals surface area contributed by atoms with E-state index in [9.17, 15) is 13.6 Å². The van der Waals surface area contributed by atoms with E-state index in [1.54, 1.807) is 0 Å². The Morgan fingerprint density at radius 3 is 2.73 bits per heavy atom. The maximum atomic E-state index is 11.6. The first-order chi connectivity index (χ1) is 7.02. The first-order valence-corrected chi connectivity index (χ1v) is 5.22. The Morgan fingerprint density at radius 2 is 2.20 bits per heavy atom. The molecule has 0 aliphatic carbocycles. The van der Waals surface area contributed by atoms with Gasteiger partial charge in [0.15, 0.2) is 0 Å². The van der Waals surface area contributed by atoms with Crippen LogP contribution in [0.1, 0.15) is 19.8 Å². The number of rotatable bonds is 8. The second kappa shape index (κ2) is 8.85. The average molecular weight is 244 g/mol. The summed E-state index contributed by atoms with van der Waals surface area (Å²) in [5.41, 5.74) is 0. The summed E-state index contributed by atoms with van der Waals surface area (Å²) in [5, 5.41) is 2.63. The Kier molecular flexibility index (Phi) is 8.61. The topological polar surface area (TPSA) is 38.3 Å². The largest absolute Gasteiger partial charge is 0.375 e. The van der Waals surface area contributed by atoms with Gasteiger partial charge in [0.1, 0.15) is 6.61 Å². The van der Waals surface area contributed by atoms with Gasteiger partial charge in [-0.15, -0.1) is 11.6 Å². The molecule has 0 aromatic carbocycles. The van der Waals surface area contributed by atoms with Crippen molar-refractivity contribution in [2.24, 2.45) is 0 Å². The number of alkyl halides is 3. The number of carbonyl (C=O) groups is 1. The molecule has 1 unspecified atom stereocenters. The number of amides is 1. The van der Waals surface area contributed by atoms with Crippen LogP contribution in [0, 0.1) is 0 Å². The molecule has 0 aromatic rings. The summed E-state index contributed by atoms with van der Waals surface area (Å²) >= 11 is 5.66. The minimum Gasteiger partial charge on any atom is -0.375 e. The highest BCUT2D eigenvalue weighted by molar-refractivity contribution is 6.20. The highest BCUT2D eigenvalue weighted by Gasteiger charge is 2.04. The summed E-state index contributed by atoms with van der Waals surface area (Å²) < 4.78 is 27.8. The van der Waals surface area contributed by atoms with Gasteiger partial charge in [-0.05, 0) is 13.3 Å². The van der Waals surface area contributed by atoms with Gasteiger partial charge in [0.25, 0.3) is 6.43 Å². The highest BCUT2D eigenvalue weighted by atomic mass is 35.5. The van der Waals surface area contributed by atoms with E-state index in [0.717, 1.165) is 0 Å². The van der Waals surface area contributed by atoms with Crippen LogP contribution in [0.3, 0.4) is 0 Å². The summed E-state index contributed by atoms with van der Waals surface area (Å²) in [7, 11) is 0. The molecule has 0 bridgehead atoms. The summed E-state index contributed by atoms with van der Waals surface area (Å²) in [4.78, 5) is 11.0. The Bertz CT molecular complexity index is 179. The van der Waals surface area contributed by atoms with E-state index in [0.29, 0.717) is 13.0 Å². The van der Waals surface area contributed by atoms with E-state index in [-0.39, 0.29) is 24.3 Å². The molecular formula is C9H16ClF2NO2. The summed E-state index contributed by atoms with van der Waals surface area (Å²) in [6.07, 6.45) is -1.70. The first-order valence-electron chi connectivity index (χ1n) is 4.79. The van der Waals surface area contributed by atoms with Crippen LogP contribution in [0.5, 0.6) is 0 Å². The molecule has 1 N–H and O–H groups in total. The van der Waals surface area contributed by atoms with Crippen LogP contribution < -0.4 is 5.32 Å².